The number of aliphatic imine (C=N–C) groups is 1. The summed E-state index contributed by atoms with van der Waals surface area (Å²) in [6, 6.07) is 0. The van der Waals surface area contributed by atoms with Gasteiger partial charge in [0.25, 0.3) is 0 Å². The van der Waals surface area contributed by atoms with Gasteiger partial charge < -0.3 is 36.2 Å². The highest BCUT2D eigenvalue weighted by Gasteiger charge is 2.74. The number of hydrogen-bond donors (Lipinski definition) is 5. The fourth-order valence-electron chi connectivity index (χ4n) is 8.13. The van der Waals surface area contributed by atoms with Crippen LogP contribution in [-0.2, 0) is 9.53 Å². The Morgan fingerprint density at radius 2 is 2.11 bits per heavy atom. The van der Waals surface area contributed by atoms with Crippen LogP contribution in [0.2, 0.25) is 0 Å². The summed E-state index contributed by atoms with van der Waals surface area (Å²) in [5.74, 6) is 0.200. The Labute approximate surface area is 208 Å². The summed E-state index contributed by atoms with van der Waals surface area (Å²) in [7, 11) is 3.86. The van der Waals surface area contributed by atoms with Gasteiger partial charge in [0.05, 0.1) is 18.7 Å². The van der Waals surface area contributed by atoms with Crippen LogP contribution in [-0.4, -0.2) is 86.1 Å². The summed E-state index contributed by atoms with van der Waals surface area (Å²) >= 11 is 0. The Kier molecular flexibility index (Phi) is 7.35. The maximum absolute atomic E-state index is 12.7. The van der Waals surface area contributed by atoms with Crippen molar-refractivity contribution >= 4 is 11.9 Å². The lowest BCUT2D eigenvalue weighted by Gasteiger charge is -2.61. The van der Waals surface area contributed by atoms with Crippen LogP contribution in [0, 0.1) is 28.6 Å². The Morgan fingerprint density at radius 3 is 2.77 bits per heavy atom. The lowest BCUT2D eigenvalue weighted by Crippen LogP contribution is -2.62. The second-order valence-corrected chi connectivity index (χ2v) is 10.9. The number of ether oxygens (including phenoxy) is 1. The zero-order chi connectivity index (χ0) is 25.4. The van der Waals surface area contributed by atoms with Gasteiger partial charge in [-0.3, -0.25) is 4.99 Å². The van der Waals surface area contributed by atoms with Gasteiger partial charge in [0.1, 0.15) is 5.60 Å². The highest BCUT2D eigenvalue weighted by Crippen LogP contribution is 2.77. The molecule has 9 nitrogen and oxygen atoms in total. The molecule has 2 saturated carbocycles. The number of carbonyl (C=O) groups is 1. The molecule has 4 aliphatic rings. The molecule has 0 radical (unpaired) electrons. The van der Waals surface area contributed by atoms with Crippen molar-refractivity contribution in [1.82, 2.24) is 15.5 Å². The maximum atomic E-state index is 12.7. The summed E-state index contributed by atoms with van der Waals surface area (Å²) in [6.07, 6.45) is 7.43. The van der Waals surface area contributed by atoms with Crippen molar-refractivity contribution in [2.24, 2.45) is 39.3 Å². The van der Waals surface area contributed by atoms with Crippen LogP contribution in [0.1, 0.15) is 39.5 Å². The minimum Gasteiger partial charge on any atom is -0.478 e. The molecular weight excluding hydrogens is 446 g/mol. The second-order valence-electron chi connectivity index (χ2n) is 10.9. The van der Waals surface area contributed by atoms with E-state index in [0.717, 1.165) is 31.5 Å². The number of aliphatic carboxylic acids is 1. The maximum Gasteiger partial charge on any atom is 0.334 e. The average Bonchev–Trinajstić information content (AvgIpc) is 3.17. The number of nitrogens with one attached hydrogen (secondary N) is 2. The molecule has 0 saturated heterocycles. The number of allylic oxidation sites excluding steroid dienone is 1. The van der Waals surface area contributed by atoms with Crippen LogP contribution in [0.4, 0.5) is 0 Å². The molecule has 2 bridgehead atoms. The Balaban J connectivity index is 1.87. The van der Waals surface area contributed by atoms with Gasteiger partial charge in [-0.15, -0.1) is 0 Å². The number of aliphatic hydroxyl groups is 1. The molecule has 1 heterocycles. The quantitative estimate of drug-likeness (QED) is 0.185. The van der Waals surface area contributed by atoms with E-state index in [1.165, 1.54) is 0 Å². The highest BCUT2D eigenvalue weighted by molar-refractivity contribution is 5.92. The topological polar surface area (TPSA) is 132 Å². The first-order valence-electron chi connectivity index (χ1n) is 13.0. The van der Waals surface area contributed by atoms with Gasteiger partial charge in [0.15, 0.2) is 5.96 Å². The Hall–Kier alpha value is -1.94. The van der Waals surface area contributed by atoms with E-state index in [-0.39, 0.29) is 29.4 Å². The summed E-state index contributed by atoms with van der Waals surface area (Å²) in [5.41, 5.74) is 5.41. The van der Waals surface area contributed by atoms with Crippen molar-refractivity contribution in [1.29, 1.82) is 0 Å². The minimum atomic E-state index is -1.50. The molecule has 3 aliphatic carbocycles. The van der Waals surface area contributed by atoms with E-state index < -0.39 is 17.0 Å². The number of guanidine groups is 1. The van der Waals surface area contributed by atoms with Gasteiger partial charge in [0.2, 0.25) is 0 Å². The molecule has 6 N–H and O–H groups in total. The zero-order valence-corrected chi connectivity index (χ0v) is 21.6. The smallest absolute Gasteiger partial charge is 0.334 e. The lowest BCUT2D eigenvalue weighted by molar-refractivity contribution is -0.139. The number of rotatable bonds is 9. The van der Waals surface area contributed by atoms with Crippen LogP contribution >= 0.6 is 0 Å². The van der Waals surface area contributed by atoms with E-state index in [9.17, 15) is 15.0 Å². The van der Waals surface area contributed by atoms with Gasteiger partial charge in [-0.1, -0.05) is 13.0 Å². The van der Waals surface area contributed by atoms with Crippen LogP contribution in [0.15, 0.2) is 28.4 Å². The molecule has 196 valence electrons. The van der Waals surface area contributed by atoms with Crippen molar-refractivity contribution in [3.63, 3.8) is 0 Å². The van der Waals surface area contributed by atoms with Crippen LogP contribution in [0.3, 0.4) is 0 Å². The highest BCUT2D eigenvalue weighted by atomic mass is 16.5. The third-order valence-corrected chi connectivity index (χ3v) is 9.38. The molecule has 0 aromatic heterocycles. The largest absolute Gasteiger partial charge is 0.478 e. The monoisotopic (exact) mass is 489 g/mol. The normalized spacial score (nSPS) is 38.5. The summed E-state index contributed by atoms with van der Waals surface area (Å²) in [5, 5.41) is 28.7. The molecule has 2 spiro atoms. The number of nitrogens with zero attached hydrogens (tertiary/aromatic N) is 2. The van der Waals surface area contributed by atoms with E-state index >= 15 is 0 Å². The number of carboxylic acid groups (broad SMARTS) is 1. The van der Waals surface area contributed by atoms with Gasteiger partial charge in [0, 0.05) is 43.3 Å². The van der Waals surface area contributed by atoms with Crippen LogP contribution < -0.4 is 16.4 Å². The molecule has 0 amide bonds. The summed E-state index contributed by atoms with van der Waals surface area (Å²) in [4.78, 5) is 19.3. The van der Waals surface area contributed by atoms with E-state index in [0.29, 0.717) is 44.4 Å². The molecule has 9 heteroatoms. The molecule has 1 aliphatic heterocycles. The standard InChI is InChI=1S/C26H43N5O4/c1-5-35-16-24(34)14-25-17(2)6-7-18(12-20(25)21(24)22(32)33)26(25)15-31(11-8-19(26)13-29-4)23(27)30-10-9-28-3/h8,11,17-19,28-29,34H,5-7,9-10,12-16H2,1-4H3,(H2,27,30)(H,32,33). The molecular formula is C26H43N5O4. The molecule has 6 unspecified atom stereocenters. The fraction of sp³-hybridized carbons (Fsp3) is 0.769. The van der Waals surface area contributed by atoms with Gasteiger partial charge in [-0.2, -0.15) is 0 Å². The molecule has 6 atom stereocenters. The molecule has 0 aromatic rings. The van der Waals surface area contributed by atoms with Crippen molar-refractivity contribution in [2.45, 2.75) is 45.1 Å². The number of hydrogen-bond acceptors (Lipinski definition) is 6. The first-order chi connectivity index (χ1) is 16.7. The lowest BCUT2D eigenvalue weighted by atomic mass is 9.46. The van der Waals surface area contributed by atoms with Gasteiger partial charge in [-0.25, -0.2) is 4.79 Å². The predicted molar refractivity (Wildman–Crippen MR) is 136 cm³/mol. The summed E-state index contributed by atoms with van der Waals surface area (Å²) < 4.78 is 5.67. The molecule has 0 aromatic carbocycles. The van der Waals surface area contributed by atoms with Crippen LogP contribution in [0.25, 0.3) is 0 Å². The second kappa shape index (κ2) is 9.84. The van der Waals surface area contributed by atoms with E-state index in [1.54, 1.807) is 0 Å². The SMILES string of the molecule is CCOCC1(O)CC23C(=C1C(=O)O)CC(CCC2C)C31CN(C(N)=NCCNC)C=CC1CNC. The third-order valence-electron chi connectivity index (χ3n) is 9.38. The van der Waals surface area contributed by atoms with E-state index in [1.807, 2.05) is 27.2 Å². The number of carboxylic acids is 1. The number of likely N-dealkylation sites (N-methyl/N-ethyl adjacent to an activating group) is 1. The van der Waals surface area contributed by atoms with Crippen molar-refractivity contribution in [2.75, 3.05) is 53.5 Å². The summed E-state index contributed by atoms with van der Waals surface area (Å²) in [6.45, 7) is 7.34. The van der Waals surface area contributed by atoms with Crippen LogP contribution in [0.5, 0.6) is 0 Å². The molecule has 4 rings (SSSR count). The van der Waals surface area contributed by atoms with Crippen molar-refractivity contribution < 1.29 is 19.7 Å². The Morgan fingerprint density at radius 1 is 1.34 bits per heavy atom. The zero-order valence-electron chi connectivity index (χ0n) is 21.6. The van der Waals surface area contributed by atoms with E-state index in [2.05, 4.69) is 33.5 Å². The van der Waals surface area contributed by atoms with Gasteiger partial charge in [-0.05, 0) is 70.0 Å². The number of nitrogens with two attached hydrogens (primary N) is 1. The van der Waals surface area contributed by atoms with Gasteiger partial charge >= 0.3 is 5.97 Å². The average molecular weight is 490 g/mol. The Bertz CT molecular complexity index is 919. The predicted octanol–water partition coefficient (Wildman–Crippen LogP) is 1.16. The third kappa shape index (κ3) is 3.82. The van der Waals surface area contributed by atoms with Crippen molar-refractivity contribution in [3.8, 4) is 0 Å². The van der Waals surface area contributed by atoms with Crippen molar-refractivity contribution in [3.05, 3.63) is 23.4 Å². The molecule has 35 heavy (non-hydrogen) atoms. The first-order valence-corrected chi connectivity index (χ1v) is 13.0. The fourth-order valence-corrected chi connectivity index (χ4v) is 8.13. The van der Waals surface area contributed by atoms with E-state index in [4.69, 9.17) is 10.5 Å². The molecule has 2 fully saturated rings. The first kappa shape index (κ1) is 26.1. The minimum absolute atomic E-state index is 0.00765.